The second kappa shape index (κ2) is 6.45. The van der Waals surface area contributed by atoms with E-state index in [4.69, 9.17) is 9.47 Å². The molecule has 4 rings (SSSR count). The first kappa shape index (κ1) is 14.3. The normalized spacial score (nSPS) is 26.5. The molecule has 2 saturated heterocycles. The zero-order chi connectivity index (χ0) is 14.8. The Bertz CT molecular complexity index is 594. The molecule has 0 amide bonds. The minimum absolute atomic E-state index is 0.191. The fraction of sp³-hybridized carbons (Fsp3) is 0.600. The molecule has 2 aromatic heterocycles. The summed E-state index contributed by atoms with van der Waals surface area (Å²) in [5.41, 5.74) is 0. The number of aromatic amines is 1. The lowest BCUT2D eigenvalue weighted by Crippen LogP contribution is -2.47. The van der Waals surface area contributed by atoms with E-state index in [0.717, 1.165) is 62.2 Å². The fourth-order valence-corrected chi connectivity index (χ4v) is 3.75. The minimum atomic E-state index is 0.191. The summed E-state index contributed by atoms with van der Waals surface area (Å²) in [6, 6.07) is 4.06. The van der Waals surface area contributed by atoms with Crippen molar-refractivity contribution in [3.8, 4) is 10.7 Å². The zero-order valence-electron chi connectivity index (χ0n) is 12.4. The summed E-state index contributed by atoms with van der Waals surface area (Å²) in [4.78, 5) is 8.07. The highest BCUT2D eigenvalue weighted by molar-refractivity contribution is 7.13. The molecule has 2 atom stereocenters. The Morgan fingerprint density at radius 1 is 1.32 bits per heavy atom. The number of morpholine rings is 1. The van der Waals surface area contributed by atoms with Crippen molar-refractivity contribution < 1.29 is 9.47 Å². The SMILES string of the molecule is c1csc(-c2n[nH]c(CN3CCO[C@@H]([C@@H]4CCCO4)C3)n2)c1. The first-order chi connectivity index (χ1) is 10.9. The maximum absolute atomic E-state index is 5.88. The van der Waals surface area contributed by atoms with E-state index in [-0.39, 0.29) is 12.2 Å². The Hall–Kier alpha value is -1.28. The third-order valence-electron chi connectivity index (χ3n) is 4.20. The summed E-state index contributed by atoms with van der Waals surface area (Å²) in [5, 5.41) is 9.41. The van der Waals surface area contributed by atoms with Gasteiger partial charge in [0, 0.05) is 19.7 Å². The lowest BCUT2D eigenvalue weighted by molar-refractivity contribution is -0.0963. The maximum atomic E-state index is 5.88. The number of hydrogen-bond acceptors (Lipinski definition) is 6. The van der Waals surface area contributed by atoms with Gasteiger partial charge in [0.05, 0.1) is 30.2 Å². The molecule has 7 heteroatoms. The van der Waals surface area contributed by atoms with Crippen molar-refractivity contribution in [3.63, 3.8) is 0 Å². The van der Waals surface area contributed by atoms with Crippen molar-refractivity contribution in [1.29, 1.82) is 0 Å². The molecule has 0 aliphatic carbocycles. The molecule has 118 valence electrons. The summed E-state index contributed by atoms with van der Waals surface area (Å²) < 4.78 is 11.6. The largest absolute Gasteiger partial charge is 0.375 e. The number of thiophene rings is 1. The van der Waals surface area contributed by atoms with Gasteiger partial charge in [-0.25, -0.2) is 4.98 Å². The van der Waals surface area contributed by atoms with Gasteiger partial charge in [-0.3, -0.25) is 10.00 Å². The average Bonchev–Trinajstić information content (AvgIpc) is 3.29. The van der Waals surface area contributed by atoms with Crippen LogP contribution in [0.4, 0.5) is 0 Å². The summed E-state index contributed by atoms with van der Waals surface area (Å²) >= 11 is 1.66. The van der Waals surface area contributed by atoms with Gasteiger partial charge in [-0.05, 0) is 24.3 Å². The van der Waals surface area contributed by atoms with E-state index >= 15 is 0 Å². The van der Waals surface area contributed by atoms with Crippen LogP contribution in [0, 0.1) is 0 Å². The smallest absolute Gasteiger partial charge is 0.191 e. The van der Waals surface area contributed by atoms with Crippen LogP contribution < -0.4 is 0 Å². The Kier molecular flexibility index (Phi) is 4.20. The number of nitrogens with zero attached hydrogens (tertiary/aromatic N) is 3. The number of hydrogen-bond donors (Lipinski definition) is 1. The Balaban J connectivity index is 1.38. The van der Waals surface area contributed by atoms with E-state index in [1.165, 1.54) is 0 Å². The Labute approximate surface area is 133 Å². The molecule has 0 aromatic carbocycles. The monoisotopic (exact) mass is 320 g/mol. The molecule has 0 bridgehead atoms. The highest BCUT2D eigenvalue weighted by Crippen LogP contribution is 2.23. The van der Waals surface area contributed by atoms with Gasteiger partial charge in [-0.2, -0.15) is 5.10 Å². The first-order valence-corrected chi connectivity index (χ1v) is 8.67. The summed E-state index contributed by atoms with van der Waals surface area (Å²) in [6.45, 7) is 4.25. The second-order valence-electron chi connectivity index (χ2n) is 5.78. The van der Waals surface area contributed by atoms with Gasteiger partial charge in [0.2, 0.25) is 0 Å². The first-order valence-electron chi connectivity index (χ1n) is 7.79. The highest BCUT2D eigenvalue weighted by Gasteiger charge is 2.31. The molecule has 4 heterocycles. The van der Waals surface area contributed by atoms with Crippen molar-refractivity contribution in [1.82, 2.24) is 20.1 Å². The van der Waals surface area contributed by atoms with E-state index in [0.29, 0.717) is 0 Å². The van der Waals surface area contributed by atoms with Crippen LogP contribution in [0.3, 0.4) is 0 Å². The molecule has 6 nitrogen and oxygen atoms in total. The fourth-order valence-electron chi connectivity index (χ4n) is 3.09. The third kappa shape index (κ3) is 3.08. The number of nitrogens with one attached hydrogen (secondary N) is 1. The van der Waals surface area contributed by atoms with Crippen molar-refractivity contribution in [3.05, 3.63) is 23.3 Å². The molecule has 2 aromatic rings. The summed E-state index contributed by atoms with van der Waals surface area (Å²) in [5.74, 6) is 1.70. The molecule has 22 heavy (non-hydrogen) atoms. The zero-order valence-corrected chi connectivity index (χ0v) is 13.2. The topological polar surface area (TPSA) is 63.3 Å². The molecule has 0 radical (unpaired) electrons. The van der Waals surface area contributed by atoms with Crippen LogP contribution in [0.25, 0.3) is 10.7 Å². The van der Waals surface area contributed by atoms with Crippen LogP contribution in [-0.4, -0.2) is 58.6 Å². The van der Waals surface area contributed by atoms with Gasteiger partial charge in [0.25, 0.3) is 0 Å². The average molecular weight is 320 g/mol. The van der Waals surface area contributed by atoms with Gasteiger partial charge < -0.3 is 9.47 Å². The van der Waals surface area contributed by atoms with E-state index in [1.54, 1.807) is 11.3 Å². The lowest BCUT2D eigenvalue weighted by atomic mass is 10.1. The number of rotatable bonds is 4. The second-order valence-corrected chi connectivity index (χ2v) is 6.73. The lowest BCUT2D eigenvalue weighted by Gasteiger charge is -2.34. The van der Waals surface area contributed by atoms with Crippen molar-refractivity contribution in [2.24, 2.45) is 0 Å². The Morgan fingerprint density at radius 2 is 2.27 bits per heavy atom. The van der Waals surface area contributed by atoms with E-state index in [1.807, 2.05) is 17.5 Å². The number of H-pyrrole nitrogens is 1. The van der Waals surface area contributed by atoms with Crippen molar-refractivity contribution in [2.75, 3.05) is 26.3 Å². The van der Waals surface area contributed by atoms with Crippen LogP contribution in [-0.2, 0) is 16.0 Å². The van der Waals surface area contributed by atoms with E-state index < -0.39 is 0 Å². The van der Waals surface area contributed by atoms with E-state index in [2.05, 4.69) is 20.1 Å². The molecule has 0 unspecified atom stereocenters. The molecule has 1 N–H and O–H groups in total. The highest BCUT2D eigenvalue weighted by atomic mass is 32.1. The Morgan fingerprint density at radius 3 is 3.09 bits per heavy atom. The van der Waals surface area contributed by atoms with Crippen molar-refractivity contribution in [2.45, 2.75) is 31.6 Å². The maximum Gasteiger partial charge on any atom is 0.191 e. The van der Waals surface area contributed by atoms with Gasteiger partial charge in [0.1, 0.15) is 5.82 Å². The van der Waals surface area contributed by atoms with Gasteiger partial charge in [0.15, 0.2) is 5.82 Å². The predicted molar refractivity (Wildman–Crippen MR) is 83.7 cm³/mol. The number of ether oxygens (including phenoxy) is 2. The third-order valence-corrected chi connectivity index (χ3v) is 5.07. The molecule has 2 fully saturated rings. The van der Waals surface area contributed by atoms with Crippen LogP contribution in [0.2, 0.25) is 0 Å². The quantitative estimate of drug-likeness (QED) is 0.932. The minimum Gasteiger partial charge on any atom is -0.375 e. The van der Waals surface area contributed by atoms with Gasteiger partial charge in [-0.15, -0.1) is 11.3 Å². The molecule has 2 aliphatic rings. The molecule has 0 spiro atoms. The van der Waals surface area contributed by atoms with Crippen molar-refractivity contribution >= 4 is 11.3 Å². The van der Waals surface area contributed by atoms with E-state index in [9.17, 15) is 0 Å². The van der Waals surface area contributed by atoms with Gasteiger partial charge >= 0.3 is 0 Å². The molecule has 2 aliphatic heterocycles. The standard InChI is InChI=1S/C15H20N4O2S/c1-3-11(20-6-1)12-9-19(5-7-21-12)10-14-16-15(18-17-14)13-4-2-8-22-13/h2,4,8,11-12H,1,3,5-7,9-10H2,(H,16,17,18)/t11-,12+/m0/s1. The van der Waals surface area contributed by atoms with Crippen LogP contribution in [0.15, 0.2) is 17.5 Å². The van der Waals surface area contributed by atoms with Crippen LogP contribution in [0.5, 0.6) is 0 Å². The summed E-state index contributed by atoms with van der Waals surface area (Å²) in [7, 11) is 0. The molecular formula is C15H20N4O2S. The molecule has 0 saturated carbocycles. The summed E-state index contributed by atoms with van der Waals surface area (Å²) in [6.07, 6.45) is 2.72. The molecular weight excluding hydrogens is 300 g/mol. The van der Waals surface area contributed by atoms with Crippen LogP contribution >= 0.6 is 11.3 Å². The van der Waals surface area contributed by atoms with Gasteiger partial charge in [-0.1, -0.05) is 6.07 Å². The predicted octanol–water partition coefficient (Wildman–Crippen LogP) is 1.91. The number of aromatic nitrogens is 3. The van der Waals surface area contributed by atoms with Crippen LogP contribution in [0.1, 0.15) is 18.7 Å².